The smallest absolute Gasteiger partial charge is 0.258 e. The van der Waals surface area contributed by atoms with Gasteiger partial charge in [0.2, 0.25) is 0 Å². The molecule has 5 rings (SSSR count). The minimum absolute atomic E-state index is 0.221. The van der Waals surface area contributed by atoms with Gasteiger partial charge < -0.3 is 9.42 Å². The van der Waals surface area contributed by atoms with Gasteiger partial charge in [-0.1, -0.05) is 11.2 Å². The maximum Gasteiger partial charge on any atom is 0.258 e. The van der Waals surface area contributed by atoms with Crippen LogP contribution in [0.25, 0.3) is 27.8 Å². The van der Waals surface area contributed by atoms with Gasteiger partial charge in [-0.05, 0) is 55.1 Å². The third kappa shape index (κ3) is 4.24. The molecule has 0 fully saturated rings. The van der Waals surface area contributed by atoms with Crippen molar-refractivity contribution in [3.8, 4) is 27.8 Å². The molecular formula is C25H21FN6O2S. The average Bonchev–Trinajstić information content (AvgIpc) is 3.65. The quantitative estimate of drug-likeness (QED) is 0.321. The molecule has 0 bridgehead atoms. The molecule has 0 spiro atoms. The van der Waals surface area contributed by atoms with Gasteiger partial charge >= 0.3 is 0 Å². The lowest BCUT2D eigenvalue weighted by molar-refractivity contribution is 0.0738. The number of benzene rings is 1. The highest BCUT2D eigenvalue weighted by Gasteiger charge is 2.28. The van der Waals surface area contributed by atoms with Crippen molar-refractivity contribution in [2.75, 3.05) is 7.05 Å². The molecule has 0 radical (unpaired) electrons. The van der Waals surface area contributed by atoms with Crippen LogP contribution in [-0.2, 0) is 0 Å². The van der Waals surface area contributed by atoms with E-state index < -0.39 is 0 Å². The number of aromatic nitrogens is 5. The van der Waals surface area contributed by atoms with E-state index in [0.717, 1.165) is 16.0 Å². The van der Waals surface area contributed by atoms with E-state index in [-0.39, 0.29) is 17.8 Å². The Balaban J connectivity index is 1.59. The first kappa shape index (κ1) is 22.6. The lowest BCUT2D eigenvalue weighted by Gasteiger charge is -2.23. The molecule has 1 aromatic carbocycles. The van der Waals surface area contributed by atoms with E-state index in [1.165, 1.54) is 35.9 Å². The van der Waals surface area contributed by atoms with E-state index in [0.29, 0.717) is 28.6 Å². The number of hydrogen-bond acceptors (Lipinski definition) is 7. The number of hydrogen-bond donors (Lipinski definition) is 0. The second kappa shape index (κ2) is 9.22. The predicted molar refractivity (Wildman–Crippen MR) is 130 cm³/mol. The molecule has 4 aromatic heterocycles. The summed E-state index contributed by atoms with van der Waals surface area (Å²) >= 11 is 1.49. The van der Waals surface area contributed by atoms with Crippen molar-refractivity contribution < 1.29 is 13.7 Å². The summed E-state index contributed by atoms with van der Waals surface area (Å²) in [5, 5.41) is 10.4. The summed E-state index contributed by atoms with van der Waals surface area (Å²) in [6, 6.07) is 11.4. The Morgan fingerprint density at radius 3 is 2.66 bits per heavy atom. The summed E-state index contributed by atoms with van der Waals surface area (Å²) in [6.07, 6.45) is 4.71. The van der Waals surface area contributed by atoms with E-state index >= 15 is 0 Å². The van der Waals surface area contributed by atoms with Crippen molar-refractivity contribution in [3.05, 3.63) is 89.1 Å². The fraction of sp³-hybridized carbons (Fsp3) is 0.160. The fourth-order valence-corrected chi connectivity index (χ4v) is 4.51. The van der Waals surface area contributed by atoms with Gasteiger partial charge in [0, 0.05) is 24.9 Å². The summed E-state index contributed by atoms with van der Waals surface area (Å²) in [7, 11) is 1.71. The van der Waals surface area contributed by atoms with Gasteiger partial charge in [-0.3, -0.25) is 4.79 Å². The number of carbonyl (C=O) groups excluding carboxylic acids is 1. The average molecular weight is 489 g/mol. The number of thiophene rings is 1. The first-order chi connectivity index (χ1) is 16.9. The second-order valence-corrected chi connectivity index (χ2v) is 8.97. The van der Waals surface area contributed by atoms with Gasteiger partial charge in [0.1, 0.15) is 23.5 Å². The van der Waals surface area contributed by atoms with E-state index in [4.69, 9.17) is 9.51 Å². The van der Waals surface area contributed by atoms with Crippen LogP contribution in [0.3, 0.4) is 0 Å². The van der Waals surface area contributed by atoms with Crippen LogP contribution >= 0.6 is 11.3 Å². The molecule has 176 valence electrons. The van der Waals surface area contributed by atoms with Gasteiger partial charge in [0.25, 0.3) is 11.9 Å². The van der Waals surface area contributed by atoms with Crippen molar-refractivity contribution in [2.45, 2.75) is 19.9 Å². The van der Waals surface area contributed by atoms with Gasteiger partial charge in [-0.15, -0.1) is 11.3 Å². The van der Waals surface area contributed by atoms with E-state index in [9.17, 15) is 9.18 Å². The van der Waals surface area contributed by atoms with Gasteiger partial charge in [-0.25, -0.2) is 14.4 Å². The number of halogens is 1. The Morgan fingerprint density at radius 1 is 1.17 bits per heavy atom. The van der Waals surface area contributed by atoms with Crippen LogP contribution in [0.1, 0.15) is 34.6 Å². The zero-order valence-electron chi connectivity index (χ0n) is 19.2. The standard InChI is InChI=1S/C25H21FN6O2S/c1-15-13-27-25(29-22(15)17-6-8-18(26)9-7-17)32-23(21-5-4-12-35-21)19(14-28-32)24(33)31(3)16(2)20-10-11-34-30-20/h4-14,16H,1-3H3. The van der Waals surface area contributed by atoms with Crippen molar-refractivity contribution in [3.63, 3.8) is 0 Å². The van der Waals surface area contributed by atoms with Crippen molar-refractivity contribution in [2.24, 2.45) is 0 Å². The zero-order valence-corrected chi connectivity index (χ0v) is 20.0. The Labute approximate surface area is 204 Å². The van der Waals surface area contributed by atoms with Crippen molar-refractivity contribution in [1.82, 2.24) is 29.8 Å². The third-order valence-electron chi connectivity index (χ3n) is 5.81. The van der Waals surface area contributed by atoms with Crippen LogP contribution in [0.2, 0.25) is 0 Å². The monoisotopic (exact) mass is 488 g/mol. The molecule has 8 nitrogen and oxygen atoms in total. The summed E-state index contributed by atoms with van der Waals surface area (Å²) < 4.78 is 20.0. The van der Waals surface area contributed by atoms with E-state index in [1.54, 1.807) is 41.0 Å². The molecule has 35 heavy (non-hydrogen) atoms. The van der Waals surface area contributed by atoms with Crippen LogP contribution in [0, 0.1) is 12.7 Å². The van der Waals surface area contributed by atoms with Crippen LogP contribution in [0.5, 0.6) is 0 Å². The Morgan fingerprint density at radius 2 is 1.97 bits per heavy atom. The molecule has 0 saturated carbocycles. The zero-order chi connectivity index (χ0) is 24.5. The number of rotatable bonds is 6. The largest absolute Gasteiger partial charge is 0.364 e. The normalized spacial score (nSPS) is 12.0. The number of amides is 1. The highest BCUT2D eigenvalue weighted by molar-refractivity contribution is 7.13. The molecular weight excluding hydrogens is 467 g/mol. The second-order valence-electron chi connectivity index (χ2n) is 8.02. The molecule has 1 atom stereocenters. The molecule has 0 N–H and O–H groups in total. The molecule has 5 aromatic rings. The molecule has 1 amide bonds. The van der Waals surface area contributed by atoms with Crippen LogP contribution in [0.4, 0.5) is 4.39 Å². The van der Waals surface area contributed by atoms with Gasteiger partial charge in [0.05, 0.1) is 28.4 Å². The van der Waals surface area contributed by atoms with Gasteiger partial charge in [-0.2, -0.15) is 9.78 Å². The molecule has 4 heterocycles. The summed E-state index contributed by atoms with van der Waals surface area (Å²) in [6.45, 7) is 3.77. The van der Waals surface area contributed by atoms with Crippen molar-refractivity contribution in [1.29, 1.82) is 0 Å². The first-order valence-corrected chi connectivity index (χ1v) is 11.7. The van der Waals surface area contributed by atoms with Gasteiger partial charge in [0.15, 0.2) is 0 Å². The lowest BCUT2D eigenvalue weighted by atomic mass is 10.1. The Kier molecular flexibility index (Phi) is 5.96. The fourth-order valence-electron chi connectivity index (χ4n) is 3.74. The maximum absolute atomic E-state index is 13.6. The molecule has 0 aliphatic heterocycles. The van der Waals surface area contributed by atoms with E-state index in [2.05, 4.69) is 15.2 Å². The van der Waals surface area contributed by atoms with Crippen LogP contribution in [-0.4, -0.2) is 42.8 Å². The Bertz CT molecular complexity index is 1460. The Hall–Kier alpha value is -4.18. The van der Waals surface area contributed by atoms with Crippen LogP contribution in [0.15, 0.2) is 71.0 Å². The third-order valence-corrected chi connectivity index (χ3v) is 6.68. The molecule has 0 aliphatic rings. The minimum atomic E-state index is -0.320. The topological polar surface area (TPSA) is 89.9 Å². The summed E-state index contributed by atoms with van der Waals surface area (Å²) in [4.78, 5) is 25.2. The molecule has 0 saturated heterocycles. The predicted octanol–water partition coefficient (Wildman–Crippen LogP) is 5.33. The SMILES string of the molecule is Cc1cnc(-n2ncc(C(=O)N(C)C(C)c3ccon3)c2-c2cccs2)nc1-c1ccc(F)cc1. The summed E-state index contributed by atoms with van der Waals surface area (Å²) in [5.41, 5.74) is 3.91. The summed E-state index contributed by atoms with van der Waals surface area (Å²) in [5.74, 6) is -0.231. The maximum atomic E-state index is 13.6. The highest BCUT2D eigenvalue weighted by atomic mass is 32.1. The number of aryl methyl sites for hydroxylation is 1. The lowest BCUT2D eigenvalue weighted by Crippen LogP contribution is -2.30. The molecule has 1 unspecified atom stereocenters. The highest BCUT2D eigenvalue weighted by Crippen LogP contribution is 2.32. The van der Waals surface area contributed by atoms with Crippen LogP contribution < -0.4 is 0 Å². The van der Waals surface area contributed by atoms with Crippen molar-refractivity contribution >= 4 is 17.2 Å². The minimum Gasteiger partial charge on any atom is -0.364 e. The first-order valence-electron chi connectivity index (χ1n) is 10.8. The molecule has 0 aliphatic carbocycles. The number of nitrogens with zero attached hydrogens (tertiary/aromatic N) is 6. The molecule has 10 heteroatoms. The van der Waals surface area contributed by atoms with E-state index in [1.807, 2.05) is 31.4 Å². The number of carbonyl (C=O) groups is 1.